The van der Waals surface area contributed by atoms with Gasteiger partial charge in [-0.05, 0) is 77.0 Å². The molecule has 0 amide bonds. The van der Waals surface area contributed by atoms with E-state index in [1.165, 1.54) is 161 Å². The third-order valence-corrected chi connectivity index (χ3v) is 12.7. The number of ether oxygens (including phenoxy) is 3. The van der Waals surface area contributed by atoms with Gasteiger partial charge in [0.2, 0.25) is 0 Å². The molecule has 0 spiro atoms. The lowest BCUT2D eigenvalue weighted by molar-refractivity contribution is -0.166. The predicted molar refractivity (Wildman–Crippen MR) is 302 cm³/mol. The SMILES string of the molecule is CC/C=C\C/C=C\C/C=C\C/C=C\C/C=C\CC(=O)OCC(COC(=O)CCCCCCCCCCCCCCCCCCCCC)OC(=O)CCCCCCCCC/C=C\C/C=C\CCCCCC. The van der Waals surface area contributed by atoms with Crippen LogP contribution in [0.25, 0.3) is 0 Å². The third-order valence-electron chi connectivity index (χ3n) is 12.7. The van der Waals surface area contributed by atoms with Gasteiger partial charge in [-0.1, -0.05) is 273 Å². The molecule has 1 unspecified atom stereocenters. The first-order valence-electron chi connectivity index (χ1n) is 29.6. The van der Waals surface area contributed by atoms with E-state index in [1.807, 2.05) is 6.08 Å². The van der Waals surface area contributed by atoms with Gasteiger partial charge in [0.15, 0.2) is 6.10 Å². The topological polar surface area (TPSA) is 78.9 Å². The standard InChI is InChI=1S/C64H110O6/c1-4-7-10-13-16-19-22-25-28-30-32-34-36-39-42-45-48-51-54-57-63(66)69-60-61(59-68-62(65)56-53-50-47-44-41-38-35-27-24-21-18-15-12-9-6-3)70-64(67)58-55-52-49-46-43-40-37-33-31-29-26-23-20-17-14-11-8-5-2/h9,12,18,20-21,23,27,29,31,35,41,44,50,53,61H,4-8,10-11,13-17,19,22,24-26,28,30,32-34,36-40,42-43,45-49,51-52,54-60H2,1-3H3/b12-9-,21-18-,23-20-,31-29-,35-27-,44-41-,53-50-. The number of hydrogen-bond donors (Lipinski definition) is 0. The number of carbonyl (C=O) groups is 3. The lowest BCUT2D eigenvalue weighted by atomic mass is 10.0. The smallest absolute Gasteiger partial charge is 0.309 e. The summed E-state index contributed by atoms with van der Waals surface area (Å²) in [5.74, 6) is -1.04. The number of allylic oxidation sites excluding steroid dienone is 13. The van der Waals surface area contributed by atoms with E-state index in [0.29, 0.717) is 12.8 Å². The minimum Gasteiger partial charge on any atom is -0.462 e. The van der Waals surface area contributed by atoms with Crippen LogP contribution in [-0.2, 0) is 28.6 Å². The van der Waals surface area contributed by atoms with Gasteiger partial charge in [-0.2, -0.15) is 0 Å². The van der Waals surface area contributed by atoms with E-state index in [9.17, 15) is 14.4 Å². The average Bonchev–Trinajstić information content (AvgIpc) is 3.36. The van der Waals surface area contributed by atoms with Crippen LogP contribution in [0.15, 0.2) is 85.1 Å². The first kappa shape index (κ1) is 66.6. The van der Waals surface area contributed by atoms with Crippen molar-refractivity contribution < 1.29 is 28.6 Å². The van der Waals surface area contributed by atoms with Crippen molar-refractivity contribution in [1.29, 1.82) is 0 Å². The summed E-state index contributed by atoms with van der Waals surface area (Å²) in [6.07, 6.45) is 76.0. The molecule has 0 saturated heterocycles. The molecule has 0 aliphatic heterocycles. The molecule has 0 aliphatic carbocycles. The lowest BCUT2D eigenvalue weighted by Crippen LogP contribution is -2.30. The van der Waals surface area contributed by atoms with Crippen LogP contribution in [0.5, 0.6) is 0 Å². The number of rotatable bonds is 53. The van der Waals surface area contributed by atoms with Crippen molar-refractivity contribution in [2.24, 2.45) is 0 Å². The van der Waals surface area contributed by atoms with Crippen molar-refractivity contribution in [3.63, 3.8) is 0 Å². The Kier molecular flexibility index (Phi) is 55.3. The largest absolute Gasteiger partial charge is 0.462 e. The predicted octanol–water partition coefficient (Wildman–Crippen LogP) is 19.9. The molecule has 0 aromatic carbocycles. The van der Waals surface area contributed by atoms with Gasteiger partial charge in [-0.15, -0.1) is 0 Å². The van der Waals surface area contributed by atoms with Gasteiger partial charge in [0.05, 0.1) is 6.42 Å². The summed E-state index contributed by atoms with van der Waals surface area (Å²) in [4.78, 5) is 38.1. The van der Waals surface area contributed by atoms with Gasteiger partial charge in [0.1, 0.15) is 13.2 Å². The Bertz CT molecular complexity index is 1350. The van der Waals surface area contributed by atoms with Gasteiger partial charge in [0.25, 0.3) is 0 Å². The second kappa shape index (κ2) is 58.2. The van der Waals surface area contributed by atoms with Gasteiger partial charge < -0.3 is 14.2 Å². The molecule has 0 radical (unpaired) electrons. The van der Waals surface area contributed by atoms with Crippen LogP contribution in [0.1, 0.15) is 284 Å². The Morgan fingerprint density at radius 2 is 0.614 bits per heavy atom. The monoisotopic (exact) mass is 975 g/mol. The molecule has 0 heterocycles. The van der Waals surface area contributed by atoms with Crippen molar-refractivity contribution in [3.05, 3.63) is 85.1 Å². The maximum absolute atomic E-state index is 12.9. The zero-order chi connectivity index (χ0) is 50.7. The summed E-state index contributed by atoms with van der Waals surface area (Å²) in [5, 5.41) is 0. The first-order chi connectivity index (χ1) is 34.5. The molecule has 70 heavy (non-hydrogen) atoms. The van der Waals surface area contributed by atoms with E-state index in [4.69, 9.17) is 14.2 Å². The molecular weight excluding hydrogens is 865 g/mol. The van der Waals surface area contributed by atoms with Gasteiger partial charge in [0, 0.05) is 12.8 Å². The molecular formula is C64H110O6. The zero-order valence-corrected chi connectivity index (χ0v) is 46.0. The summed E-state index contributed by atoms with van der Waals surface area (Å²) < 4.78 is 16.8. The van der Waals surface area contributed by atoms with Gasteiger partial charge in [-0.3, -0.25) is 14.4 Å². The van der Waals surface area contributed by atoms with Crippen molar-refractivity contribution in [1.82, 2.24) is 0 Å². The van der Waals surface area contributed by atoms with Crippen LogP contribution < -0.4 is 0 Å². The van der Waals surface area contributed by atoms with Crippen molar-refractivity contribution in [2.45, 2.75) is 290 Å². The summed E-state index contributed by atoms with van der Waals surface area (Å²) >= 11 is 0. The quantitative estimate of drug-likeness (QED) is 0.0261. The fourth-order valence-electron chi connectivity index (χ4n) is 8.25. The molecule has 0 aromatic rings. The summed E-state index contributed by atoms with van der Waals surface area (Å²) in [6, 6.07) is 0. The van der Waals surface area contributed by atoms with E-state index >= 15 is 0 Å². The number of hydrogen-bond acceptors (Lipinski definition) is 6. The molecule has 0 aromatic heterocycles. The fourth-order valence-corrected chi connectivity index (χ4v) is 8.25. The van der Waals surface area contributed by atoms with E-state index in [-0.39, 0.29) is 31.6 Å². The van der Waals surface area contributed by atoms with Gasteiger partial charge in [-0.25, -0.2) is 0 Å². The number of esters is 3. The second-order valence-corrected chi connectivity index (χ2v) is 19.5. The average molecular weight is 976 g/mol. The fraction of sp³-hybridized carbons (Fsp3) is 0.734. The zero-order valence-electron chi connectivity index (χ0n) is 46.0. The molecule has 0 bridgehead atoms. The molecule has 6 heteroatoms. The molecule has 1 atom stereocenters. The van der Waals surface area contributed by atoms with Gasteiger partial charge >= 0.3 is 17.9 Å². The Balaban J connectivity index is 4.45. The molecule has 0 aliphatic rings. The highest BCUT2D eigenvalue weighted by atomic mass is 16.6. The van der Waals surface area contributed by atoms with Crippen LogP contribution >= 0.6 is 0 Å². The van der Waals surface area contributed by atoms with E-state index in [0.717, 1.165) is 83.5 Å². The highest BCUT2D eigenvalue weighted by Gasteiger charge is 2.19. The number of carbonyl (C=O) groups excluding carboxylic acids is 3. The summed E-state index contributed by atoms with van der Waals surface area (Å²) in [5.41, 5.74) is 0. The Hall–Kier alpha value is -3.41. The Labute approximate surface area is 433 Å². The van der Waals surface area contributed by atoms with Crippen LogP contribution in [-0.4, -0.2) is 37.2 Å². The maximum Gasteiger partial charge on any atom is 0.309 e. The molecule has 402 valence electrons. The Morgan fingerprint density at radius 3 is 1.01 bits per heavy atom. The molecule has 0 fully saturated rings. The van der Waals surface area contributed by atoms with E-state index in [1.54, 1.807) is 6.08 Å². The minimum atomic E-state index is -0.820. The van der Waals surface area contributed by atoms with Crippen LogP contribution in [0.4, 0.5) is 0 Å². The Morgan fingerprint density at radius 1 is 0.314 bits per heavy atom. The maximum atomic E-state index is 12.9. The van der Waals surface area contributed by atoms with Crippen molar-refractivity contribution in [3.8, 4) is 0 Å². The van der Waals surface area contributed by atoms with Crippen LogP contribution in [0.3, 0.4) is 0 Å². The van der Waals surface area contributed by atoms with Crippen molar-refractivity contribution in [2.75, 3.05) is 13.2 Å². The summed E-state index contributed by atoms with van der Waals surface area (Å²) in [6.45, 7) is 6.44. The molecule has 0 rings (SSSR count). The molecule has 0 N–H and O–H groups in total. The normalized spacial score (nSPS) is 12.7. The van der Waals surface area contributed by atoms with E-state index in [2.05, 4.69) is 93.7 Å². The molecule has 0 saturated carbocycles. The van der Waals surface area contributed by atoms with Crippen LogP contribution in [0, 0.1) is 0 Å². The third kappa shape index (κ3) is 55.5. The van der Waals surface area contributed by atoms with Crippen LogP contribution in [0.2, 0.25) is 0 Å². The highest BCUT2D eigenvalue weighted by molar-refractivity contribution is 5.72. The second-order valence-electron chi connectivity index (χ2n) is 19.5. The first-order valence-corrected chi connectivity index (χ1v) is 29.6. The van der Waals surface area contributed by atoms with E-state index < -0.39 is 12.1 Å². The summed E-state index contributed by atoms with van der Waals surface area (Å²) in [7, 11) is 0. The lowest BCUT2D eigenvalue weighted by Gasteiger charge is -2.18. The molecule has 6 nitrogen and oxygen atoms in total. The minimum absolute atomic E-state index is 0.107. The highest BCUT2D eigenvalue weighted by Crippen LogP contribution is 2.16. The number of unbranched alkanes of at least 4 members (excludes halogenated alkanes) is 29. The van der Waals surface area contributed by atoms with Crippen molar-refractivity contribution >= 4 is 17.9 Å².